The van der Waals surface area contributed by atoms with Gasteiger partial charge < -0.3 is 9.64 Å². The van der Waals surface area contributed by atoms with Crippen molar-refractivity contribution in [3.05, 3.63) is 35.4 Å². The molecule has 2 aliphatic rings. The molecule has 0 radical (unpaired) electrons. The summed E-state index contributed by atoms with van der Waals surface area (Å²) in [5.74, 6) is -0.0229. The van der Waals surface area contributed by atoms with Crippen LogP contribution in [0.4, 0.5) is 0 Å². The Hall–Kier alpha value is -1.84. The van der Waals surface area contributed by atoms with Gasteiger partial charge in [0, 0.05) is 17.6 Å². The SMILES string of the molecule is CCOC(=O)C1CC2CCC(C1)N2C(=O)c1ccc(CC)cc1. The van der Waals surface area contributed by atoms with E-state index in [9.17, 15) is 9.59 Å². The topological polar surface area (TPSA) is 46.6 Å². The highest BCUT2D eigenvalue weighted by Gasteiger charge is 2.45. The maximum atomic E-state index is 12.9. The second kappa shape index (κ2) is 6.73. The standard InChI is InChI=1S/C19H25NO3/c1-3-13-5-7-14(8-6-13)18(21)20-16-9-10-17(20)12-15(11-16)19(22)23-4-2/h5-8,15-17H,3-4,9-12H2,1-2H3. The first-order chi connectivity index (χ1) is 11.1. The molecule has 2 fully saturated rings. The van der Waals surface area contributed by atoms with Gasteiger partial charge in [0.15, 0.2) is 0 Å². The van der Waals surface area contributed by atoms with Gasteiger partial charge >= 0.3 is 5.97 Å². The number of ether oxygens (including phenoxy) is 1. The molecule has 2 unspecified atom stereocenters. The smallest absolute Gasteiger partial charge is 0.309 e. The highest BCUT2D eigenvalue weighted by atomic mass is 16.5. The van der Waals surface area contributed by atoms with Crippen LogP contribution >= 0.6 is 0 Å². The summed E-state index contributed by atoms with van der Waals surface area (Å²) in [4.78, 5) is 26.9. The third-order valence-corrected chi connectivity index (χ3v) is 5.20. The average Bonchev–Trinajstić information content (AvgIpc) is 2.84. The molecule has 124 valence electrons. The van der Waals surface area contributed by atoms with Crippen LogP contribution in [0, 0.1) is 5.92 Å². The van der Waals surface area contributed by atoms with Gasteiger partial charge in [-0.3, -0.25) is 9.59 Å². The molecule has 4 heteroatoms. The van der Waals surface area contributed by atoms with Crippen molar-refractivity contribution in [1.82, 2.24) is 4.90 Å². The monoisotopic (exact) mass is 315 g/mol. The lowest BCUT2D eigenvalue weighted by Gasteiger charge is -2.38. The maximum absolute atomic E-state index is 12.9. The second-order valence-corrected chi connectivity index (χ2v) is 6.57. The lowest BCUT2D eigenvalue weighted by atomic mass is 9.90. The molecule has 2 aliphatic heterocycles. The molecule has 23 heavy (non-hydrogen) atoms. The van der Waals surface area contributed by atoms with E-state index in [4.69, 9.17) is 4.74 Å². The van der Waals surface area contributed by atoms with Crippen LogP contribution in [-0.2, 0) is 16.0 Å². The van der Waals surface area contributed by atoms with E-state index in [1.165, 1.54) is 5.56 Å². The molecule has 0 N–H and O–H groups in total. The van der Waals surface area contributed by atoms with Gasteiger partial charge in [-0.1, -0.05) is 19.1 Å². The zero-order chi connectivity index (χ0) is 16.4. The van der Waals surface area contributed by atoms with E-state index < -0.39 is 0 Å². The Morgan fingerprint density at radius 1 is 1.09 bits per heavy atom. The summed E-state index contributed by atoms with van der Waals surface area (Å²) in [5.41, 5.74) is 2.00. The molecule has 0 aromatic heterocycles. The van der Waals surface area contributed by atoms with E-state index >= 15 is 0 Å². The van der Waals surface area contributed by atoms with Crippen LogP contribution in [0.1, 0.15) is 55.5 Å². The van der Waals surface area contributed by atoms with E-state index in [0.717, 1.165) is 37.7 Å². The number of benzene rings is 1. The minimum atomic E-state index is -0.0937. The van der Waals surface area contributed by atoms with Gasteiger partial charge in [-0.25, -0.2) is 0 Å². The number of fused-ring (bicyclic) bond motifs is 2. The van der Waals surface area contributed by atoms with Crippen LogP contribution in [-0.4, -0.2) is 35.5 Å². The van der Waals surface area contributed by atoms with Gasteiger partial charge in [0.25, 0.3) is 5.91 Å². The number of hydrogen-bond donors (Lipinski definition) is 0. The first-order valence-electron chi connectivity index (χ1n) is 8.72. The number of rotatable bonds is 4. The molecule has 0 aliphatic carbocycles. The van der Waals surface area contributed by atoms with Crippen LogP contribution in [0.25, 0.3) is 0 Å². The highest BCUT2D eigenvalue weighted by Crippen LogP contribution is 2.40. The third kappa shape index (κ3) is 3.12. The molecule has 0 spiro atoms. The highest BCUT2D eigenvalue weighted by molar-refractivity contribution is 5.95. The molecule has 2 heterocycles. The van der Waals surface area contributed by atoms with Crippen molar-refractivity contribution in [3.8, 4) is 0 Å². The lowest BCUT2D eigenvalue weighted by Crippen LogP contribution is -2.48. The number of esters is 1. The number of piperidine rings is 1. The first kappa shape index (κ1) is 16.0. The number of carbonyl (C=O) groups is 2. The number of amides is 1. The Labute approximate surface area is 137 Å². The summed E-state index contributed by atoms with van der Waals surface area (Å²) in [6.07, 6.45) is 4.46. The van der Waals surface area contributed by atoms with E-state index in [1.54, 1.807) is 0 Å². The lowest BCUT2D eigenvalue weighted by molar-refractivity contribution is -0.150. The van der Waals surface area contributed by atoms with E-state index in [2.05, 4.69) is 6.92 Å². The van der Waals surface area contributed by atoms with E-state index in [-0.39, 0.29) is 29.9 Å². The maximum Gasteiger partial charge on any atom is 0.309 e. The summed E-state index contributed by atoms with van der Waals surface area (Å²) in [6.45, 7) is 4.37. The summed E-state index contributed by atoms with van der Waals surface area (Å²) in [5, 5.41) is 0. The van der Waals surface area contributed by atoms with Crippen molar-refractivity contribution in [2.24, 2.45) is 5.92 Å². The third-order valence-electron chi connectivity index (χ3n) is 5.20. The van der Waals surface area contributed by atoms with Crippen molar-refractivity contribution in [3.63, 3.8) is 0 Å². The molecule has 1 amide bonds. The van der Waals surface area contributed by atoms with Gasteiger partial charge in [0.1, 0.15) is 0 Å². The van der Waals surface area contributed by atoms with Crippen molar-refractivity contribution in [2.75, 3.05) is 6.61 Å². The summed E-state index contributed by atoms with van der Waals surface area (Å²) in [7, 11) is 0. The predicted molar refractivity (Wildman–Crippen MR) is 88.2 cm³/mol. The molecule has 0 saturated carbocycles. The fourth-order valence-corrected chi connectivity index (χ4v) is 3.99. The fraction of sp³-hybridized carbons (Fsp3) is 0.579. The molecule has 1 aromatic carbocycles. The van der Waals surface area contributed by atoms with Crippen LogP contribution in [0.15, 0.2) is 24.3 Å². The second-order valence-electron chi connectivity index (χ2n) is 6.57. The van der Waals surface area contributed by atoms with Gasteiger partial charge in [-0.2, -0.15) is 0 Å². The fourth-order valence-electron chi connectivity index (χ4n) is 3.99. The molecule has 4 nitrogen and oxygen atoms in total. The minimum Gasteiger partial charge on any atom is -0.466 e. The Kier molecular flexibility index (Phi) is 4.69. The minimum absolute atomic E-state index is 0.0426. The van der Waals surface area contributed by atoms with Crippen molar-refractivity contribution >= 4 is 11.9 Å². The Balaban J connectivity index is 1.72. The van der Waals surface area contributed by atoms with Crippen molar-refractivity contribution in [1.29, 1.82) is 0 Å². The van der Waals surface area contributed by atoms with Crippen molar-refractivity contribution < 1.29 is 14.3 Å². The first-order valence-corrected chi connectivity index (χ1v) is 8.72. The Bertz CT molecular complexity index is 567. The number of carbonyl (C=O) groups excluding carboxylic acids is 2. The normalized spacial score (nSPS) is 26.2. The molecule has 3 rings (SSSR count). The van der Waals surface area contributed by atoms with Crippen LogP contribution in [0.5, 0.6) is 0 Å². The predicted octanol–water partition coefficient (Wildman–Crippen LogP) is 3.20. The zero-order valence-corrected chi connectivity index (χ0v) is 14.0. The zero-order valence-electron chi connectivity index (χ0n) is 14.0. The molecule has 1 aromatic rings. The van der Waals surface area contributed by atoms with Crippen LogP contribution in [0.3, 0.4) is 0 Å². The van der Waals surface area contributed by atoms with Gasteiger partial charge in [-0.05, 0) is 56.7 Å². The quantitative estimate of drug-likeness (QED) is 0.802. The Morgan fingerprint density at radius 2 is 1.70 bits per heavy atom. The van der Waals surface area contributed by atoms with Gasteiger partial charge in [0.05, 0.1) is 12.5 Å². The molecule has 2 saturated heterocycles. The number of aryl methyl sites for hydroxylation is 1. The molecule has 2 bridgehead atoms. The molecular formula is C19H25NO3. The number of nitrogens with zero attached hydrogens (tertiary/aromatic N) is 1. The Morgan fingerprint density at radius 3 is 2.22 bits per heavy atom. The van der Waals surface area contributed by atoms with Crippen LogP contribution in [0.2, 0.25) is 0 Å². The molecule has 2 atom stereocenters. The summed E-state index contributed by atoms with van der Waals surface area (Å²) >= 11 is 0. The van der Waals surface area contributed by atoms with Gasteiger partial charge in [-0.15, -0.1) is 0 Å². The summed E-state index contributed by atoms with van der Waals surface area (Å²) in [6, 6.07) is 8.28. The average molecular weight is 315 g/mol. The summed E-state index contributed by atoms with van der Waals surface area (Å²) < 4.78 is 5.17. The van der Waals surface area contributed by atoms with Gasteiger partial charge in [0.2, 0.25) is 0 Å². The van der Waals surface area contributed by atoms with E-state index in [0.29, 0.717) is 6.61 Å². The largest absolute Gasteiger partial charge is 0.466 e. The number of hydrogen-bond acceptors (Lipinski definition) is 3. The molecular weight excluding hydrogens is 290 g/mol. The van der Waals surface area contributed by atoms with Crippen LogP contribution < -0.4 is 0 Å². The van der Waals surface area contributed by atoms with Crippen molar-refractivity contribution in [2.45, 2.75) is 58.0 Å². The van der Waals surface area contributed by atoms with E-state index in [1.807, 2.05) is 36.1 Å².